The average molecular weight is 317 g/mol. The highest BCUT2D eigenvalue weighted by Gasteiger charge is 2.21. The van der Waals surface area contributed by atoms with Crippen molar-refractivity contribution in [3.8, 4) is 0 Å². The number of esters is 1. The molecule has 7 nitrogen and oxygen atoms in total. The average Bonchev–Trinajstić information content (AvgIpc) is 3.25. The predicted octanol–water partition coefficient (Wildman–Crippen LogP) is 2.70. The number of aromatic nitrogens is 2. The smallest absolute Gasteiger partial charge is 0.342 e. The maximum atomic E-state index is 12.0. The van der Waals surface area contributed by atoms with Crippen LogP contribution in [-0.4, -0.2) is 28.3 Å². The molecule has 2 aromatic rings. The van der Waals surface area contributed by atoms with Crippen LogP contribution in [0.3, 0.4) is 0 Å². The fourth-order valence-corrected chi connectivity index (χ4v) is 2.84. The molecular formula is C16H19N3O4. The zero-order chi connectivity index (χ0) is 16.2. The number of rotatable bonds is 5. The van der Waals surface area contributed by atoms with Crippen molar-refractivity contribution in [3.05, 3.63) is 35.9 Å². The number of furan rings is 1. The number of hydrogen-bond donors (Lipinski definition) is 1. The van der Waals surface area contributed by atoms with Crippen LogP contribution in [0, 0.1) is 6.92 Å². The molecule has 0 saturated heterocycles. The van der Waals surface area contributed by atoms with E-state index < -0.39 is 5.97 Å². The second kappa shape index (κ2) is 6.68. The third-order valence-corrected chi connectivity index (χ3v) is 4.02. The summed E-state index contributed by atoms with van der Waals surface area (Å²) in [6.07, 6.45) is 7.57. The van der Waals surface area contributed by atoms with Gasteiger partial charge in [0.2, 0.25) is 0 Å². The van der Waals surface area contributed by atoms with Gasteiger partial charge in [0.15, 0.2) is 6.61 Å². The van der Waals surface area contributed by atoms with Crippen LogP contribution in [0.5, 0.6) is 0 Å². The minimum atomic E-state index is -0.573. The van der Waals surface area contributed by atoms with Gasteiger partial charge in [-0.15, -0.1) is 0 Å². The van der Waals surface area contributed by atoms with Gasteiger partial charge in [-0.3, -0.25) is 4.79 Å². The van der Waals surface area contributed by atoms with Gasteiger partial charge in [-0.05, 0) is 25.8 Å². The van der Waals surface area contributed by atoms with Gasteiger partial charge in [-0.1, -0.05) is 12.8 Å². The molecule has 0 spiro atoms. The summed E-state index contributed by atoms with van der Waals surface area (Å²) < 4.78 is 11.9. The molecule has 0 radical (unpaired) electrons. The Balaban J connectivity index is 1.55. The van der Waals surface area contributed by atoms with E-state index in [4.69, 9.17) is 9.15 Å². The Labute approximate surface area is 133 Å². The number of hydrogen-bond acceptors (Lipinski definition) is 5. The summed E-state index contributed by atoms with van der Waals surface area (Å²) in [5, 5.41) is 7.02. The summed E-state index contributed by atoms with van der Waals surface area (Å²) in [6.45, 7) is 1.32. The summed E-state index contributed by atoms with van der Waals surface area (Å²) in [5.74, 6) is 0.141. The molecule has 1 saturated carbocycles. The lowest BCUT2D eigenvalue weighted by atomic mass is 10.2. The molecule has 0 atom stereocenters. The highest BCUT2D eigenvalue weighted by Crippen LogP contribution is 2.31. The molecule has 2 heterocycles. The van der Waals surface area contributed by atoms with Crippen LogP contribution < -0.4 is 5.32 Å². The summed E-state index contributed by atoms with van der Waals surface area (Å²) in [6, 6.07) is 3.60. The summed E-state index contributed by atoms with van der Waals surface area (Å²) >= 11 is 0. The predicted molar refractivity (Wildman–Crippen MR) is 82.1 cm³/mol. The van der Waals surface area contributed by atoms with E-state index in [1.54, 1.807) is 19.2 Å². The lowest BCUT2D eigenvalue weighted by Gasteiger charge is -2.14. The standard InChI is InChI=1S/C16H19N3O4/c1-11-13(7-9-22-11)16(21)23-10-15(20)18-14-6-8-17-19(14)12-4-2-3-5-12/h6-9,12H,2-5,10H2,1H3,(H,18,20). The Kier molecular flexibility index (Phi) is 4.45. The fourth-order valence-electron chi connectivity index (χ4n) is 2.84. The highest BCUT2D eigenvalue weighted by atomic mass is 16.5. The Bertz CT molecular complexity index is 698. The normalized spacial score (nSPS) is 14.8. The van der Waals surface area contributed by atoms with Crippen LogP contribution in [0.1, 0.15) is 47.8 Å². The molecule has 1 fully saturated rings. The van der Waals surface area contributed by atoms with E-state index in [-0.39, 0.29) is 12.5 Å². The number of amides is 1. The Morgan fingerprint density at radius 2 is 2.17 bits per heavy atom. The zero-order valence-electron chi connectivity index (χ0n) is 12.9. The maximum absolute atomic E-state index is 12.0. The number of ether oxygens (including phenoxy) is 1. The van der Waals surface area contributed by atoms with E-state index >= 15 is 0 Å². The number of anilines is 1. The van der Waals surface area contributed by atoms with Crippen LogP contribution in [-0.2, 0) is 9.53 Å². The van der Waals surface area contributed by atoms with Crippen molar-refractivity contribution in [2.24, 2.45) is 0 Å². The van der Waals surface area contributed by atoms with Crippen molar-refractivity contribution in [3.63, 3.8) is 0 Å². The molecule has 0 unspecified atom stereocenters. The van der Waals surface area contributed by atoms with Crippen LogP contribution >= 0.6 is 0 Å². The van der Waals surface area contributed by atoms with E-state index in [9.17, 15) is 9.59 Å². The topological polar surface area (TPSA) is 86.4 Å². The Morgan fingerprint density at radius 1 is 1.39 bits per heavy atom. The van der Waals surface area contributed by atoms with E-state index in [0.717, 1.165) is 12.8 Å². The number of aryl methyl sites for hydroxylation is 1. The third kappa shape index (κ3) is 3.44. The maximum Gasteiger partial charge on any atom is 0.342 e. The monoisotopic (exact) mass is 317 g/mol. The van der Waals surface area contributed by atoms with Gasteiger partial charge >= 0.3 is 5.97 Å². The molecule has 1 N–H and O–H groups in total. The van der Waals surface area contributed by atoms with Crippen molar-refractivity contribution in [1.29, 1.82) is 0 Å². The lowest BCUT2D eigenvalue weighted by Crippen LogP contribution is -2.23. The fraction of sp³-hybridized carbons (Fsp3) is 0.438. The number of nitrogens with one attached hydrogen (secondary N) is 1. The van der Waals surface area contributed by atoms with Gasteiger partial charge in [-0.25, -0.2) is 9.48 Å². The molecule has 3 rings (SSSR count). The summed E-state index contributed by atoms with van der Waals surface area (Å²) in [7, 11) is 0. The molecule has 0 aliphatic heterocycles. The molecule has 1 aliphatic carbocycles. The van der Waals surface area contributed by atoms with E-state index in [2.05, 4.69) is 10.4 Å². The van der Waals surface area contributed by atoms with Crippen molar-refractivity contribution >= 4 is 17.7 Å². The SMILES string of the molecule is Cc1occc1C(=O)OCC(=O)Nc1ccnn1C1CCCC1. The van der Waals surface area contributed by atoms with Crippen LogP contribution in [0.25, 0.3) is 0 Å². The van der Waals surface area contributed by atoms with Gasteiger partial charge in [0, 0.05) is 6.07 Å². The molecule has 1 amide bonds. The van der Waals surface area contributed by atoms with E-state index in [0.29, 0.717) is 23.2 Å². The van der Waals surface area contributed by atoms with Crippen molar-refractivity contribution in [2.45, 2.75) is 38.6 Å². The van der Waals surface area contributed by atoms with Gasteiger partial charge in [0.05, 0.1) is 18.5 Å². The first-order valence-electron chi connectivity index (χ1n) is 7.69. The quantitative estimate of drug-likeness (QED) is 0.857. The third-order valence-electron chi connectivity index (χ3n) is 4.02. The Morgan fingerprint density at radius 3 is 2.87 bits per heavy atom. The summed E-state index contributed by atoms with van der Waals surface area (Å²) in [5.41, 5.74) is 0.328. The molecule has 1 aliphatic rings. The minimum absolute atomic E-state index is 0.328. The van der Waals surface area contributed by atoms with Gasteiger partial charge < -0.3 is 14.5 Å². The molecule has 2 aromatic heterocycles. The summed E-state index contributed by atoms with van der Waals surface area (Å²) in [4.78, 5) is 23.8. The van der Waals surface area contributed by atoms with Crippen molar-refractivity contribution < 1.29 is 18.7 Å². The van der Waals surface area contributed by atoms with E-state index in [1.807, 2.05) is 4.68 Å². The van der Waals surface area contributed by atoms with Gasteiger partial charge in [0.25, 0.3) is 5.91 Å². The zero-order valence-corrected chi connectivity index (χ0v) is 12.9. The first-order chi connectivity index (χ1) is 11.1. The number of carbonyl (C=O) groups excluding carboxylic acids is 2. The van der Waals surface area contributed by atoms with Crippen molar-refractivity contribution in [1.82, 2.24) is 9.78 Å². The van der Waals surface area contributed by atoms with Crippen LogP contribution in [0.15, 0.2) is 29.0 Å². The van der Waals surface area contributed by atoms with E-state index in [1.165, 1.54) is 25.2 Å². The minimum Gasteiger partial charge on any atom is -0.469 e. The number of nitrogens with zero attached hydrogens (tertiary/aromatic N) is 2. The molecule has 122 valence electrons. The largest absolute Gasteiger partial charge is 0.469 e. The molecule has 0 aromatic carbocycles. The molecule has 0 bridgehead atoms. The second-order valence-corrected chi connectivity index (χ2v) is 5.61. The lowest BCUT2D eigenvalue weighted by molar-refractivity contribution is -0.119. The Hall–Kier alpha value is -2.57. The highest BCUT2D eigenvalue weighted by molar-refractivity contribution is 5.95. The molecular weight excluding hydrogens is 298 g/mol. The van der Waals surface area contributed by atoms with Crippen LogP contribution in [0.4, 0.5) is 5.82 Å². The van der Waals surface area contributed by atoms with Gasteiger partial charge in [0.1, 0.15) is 17.1 Å². The first-order valence-corrected chi connectivity index (χ1v) is 7.69. The van der Waals surface area contributed by atoms with Crippen molar-refractivity contribution in [2.75, 3.05) is 11.9 Å². The van der Waals surface area contributed by atoms with Gasteiger partial charge in [-0.2, -0.15) is 5.10 Å². The first kappa shape index (κ1) is 15.3. The second-order valence-electron chi connectivity index (χ2n) is 5.61. The molecule has 23 heavy (non-hydrogen) atoms. The van der Waals surface area contributed by atoms with Crippen LogP contribution in [0.2, 0.25) is 0 Å². The number of carbonyl (C=O) groups is 2. The molecule has 7 heteroatoms.